The number of benzene rings is 1. The molecule has 2 rings (SSSR count). The van der Waals surface area contributed by atoms with Gasteiger partial charge in [0.2, 0.25) is 0 Å². The maximum Gasteiger partial charge on any atom is 0.255 e. The van der Waals surface area contributed by atoms with Crippen molar-refractivity contribution in [3.8, 4) is 5.75 Å². The fraction of sp³-hybridized carbons (Fsp3) is 0.0833. The Hall–Kier alpha value is -1.49. The second-order valence-electron chi connectivity index (χ2n) is 3.32. The number of nitrogens with zero attached hydrogens (tertiary/aromatic N) is 1. The summed E-state index contributed by atoms with van der Waals surface area (Å²) in [6, 6.07) is 7.49. The first kappa shape index (κ1) is 12.0. The summed E-state index contributed by atoms with van der Waals surface area (Å²) < 4.78 is 32.4. The first-order chi connectivity index (χ1) is 8.16. The van der Waals surface area contributed by atoms with Crippen molar-refractivity contribution in [1.82, 2.24) is 4.98 Å². The molecule has 0 aliphatic rings. The third-order valence-corrected chi connectivity index (χ3v) is 2.61. The molecule has 0 amide bonds. The highest BCUT2D eigenvalue weighted by atomic mass is 79.9. The number of hydrogen-bond donors (Lipinski definition) is 0. The topological polar surface area (TPSA) is 22.1 Å². The Labute approximate surface area is 105 Å². The Morgan fingerprint density at radius 3 is 2.82 bits per heavy atom. The lowest BCUT2D eigenvalue weighted by Crippen LogP contribution is -2.00. The first-order valence-corrected chi connectivity index (χ1v) is 5.63. The van der Waals surface area contributed by atoms with Gasteiger partial charge < -0.3 is 4.74 Å². The second-order valence-corrected chi connectivity index (χ2v) is 4.23. The predicted molar refractivity (Wildman–Crippen MR) is 62.6 cm³/mol. The molecule has 0 aliphatic carbocycles. The molecule has 0 spiro atoms. The van der Waals surface area contributed by atoms with Crippen LogP contribution in [-0.2, 0) is 6.61 Å². The van der Waals surface area contributed by atoms with Crippen LogP contribution in [-0.4, -0.2) is 4.98 Å². The van der Waals surface area contributed by atoms with E-state index in [1.165, 1.54) is 18.3 Å². The van der Waals surface area contributed by atoms with E-state index >= 15 is 0 Å². The van der Waals surface area contributed by atoms with E-state index in [9.17, 15) is 8.78 Å². The molecule has 0 radical (unpaired) electrons. The van der Waals surface area contributed by atoms with Gasteiger partial charge in [-0.15, -0.1) is 0 Å². The molecule has 88 valence electrons. The SMILES string of the molecule is Fc1ccc(Br)cc1COc1cccnc1F. The summed E-state index contributed by atoms with van der Waals surface area (Å²) in [5.74, 6) is -1.09. The van der Waals surface area contributed by atoms with E-state index in [0.717, 1.165) is 4.47 Å². The molecule has 17 heavy (non-hydrogen) atoms. The van der Waals surface area contributed by atoms with E-state index in [2.05, 4.69) is 20.9 Å². The highest BCUT2D eigenvalue weighted by molar-refractivity contribution is 9.10. The molecule has 2 aromatic rings. The molecule has 0 saturated carbocycles. The van der Waals surface area contributed by atoms with Gasteiger partial charge >= 0.3 is 0 Å². The van der Waals surface area contributed by atoms with E-state index in [-0.39, 0.29) is 12.4 Å². The molecule has 0 fully saturated rings. The van der Waals surface area contributed by atoms with Gasteiger partial charge in [0, 0.05) is 16.2 Å². The Morgan fingerprint density at radius 2 is 2.06 bits per heavy atom. The molecular formula is C12H8BrF2NO. The highest BCUT2D eigenvalue weighted by Gasteiger charge is 2.07. The van der Waals surface area contributed by atoms with Gasteiger partial charge in [-0.3, -0.25) is 0 Å². The maximum absolute atomic E-state index is 13.4. The fourth-order valence-electron chi connectivity index (χ4n) is 1.29. The lowest BCUT2D eigenvalue weighted by molar-refractivity contribution is 0.280. The second kappa shape index (κ2) is 5.23. The zero-order valence-electron chi connectivity index (χ0n) is 8.66. The quantitative estimate of drug-likeness (QED) is 0.806. The van der Waals surface area contributed by atoms with Crippen LogP contribution >= 0.6 is 15.9 Å². The monoisotopic (exact) mass is 299 g/mol. The number of hydrogen-bond acceptors (Lipinski definition) is 2. The van der Waals surface area contributed by atoms with Crippen LogP contribution in [0.2, 0.25) is 0 Å². The summed E-state index contributed by atoms with van der Waals surface area (Å²) in [5, 5.41) is 0. The Kier molecular flexibility index (Phi) is 3.68. The van der Waals surface area contributed by atoms with Crippen molar-refractivity contribution in [2.24, 2.45) is 0 Å². The zero-order chi connectivity index (χ0) is 12.3. The van der Waals surface area contributed by atoms with Crippen molar-refractivity contribution >= 4 is 15.9 Å². The van der Waals surface area contributed by atoms with Crippen LogP contribution in [0.5, 0.6) is 5.75 Å². The van der Waals surface area contributed by atoms with Gasteiger partial charge in [0.05, 0.1) is 0 Å². The molecule has 0 unspecified atom stereocenters. The normalized spacial score (nSPS) is 10.3. The van der Waals surface area contributed by atoms with Gasteiger partial charge in [-0.05, 0) is 30.3 Å². The van der Waals surface area contributed by atoms with Gasteiger partial charge in [0.25, 0.3) is 5.95 Å². The van der Waals surface area contributed by atoms with Crippen LogP contribution in [0, 0.1) is 11.8 Å². The minimum Gasteiger partial charge on any atom is -0.484 e. The Balaban J connectivity index is 2.12. The molecule has 1 heterocycles. The summed E-state index contributed by atoms with van der Waals surface area (Å²) in [6.07, 6.45) is 1.32. The van der Waals surface area contributed by atoms with Crippen LogP contribution in [0.15, 0.2) is 41.0 Å². The van der Waals surface area contributed by atoms with Gasteiger partial charge in [-0.25, -0.2) is 9.37 Å². The number of ether oxygens (including phenoxy) is 1. The lowest BCUT2D eigenvalue weighted by atomic mass is 10.2. The van der Waals surface area contributed by atoms with Crippen LogP contribution in [0.25, 0.3) is 0 Å². The van der Waals surface area contributed by atoms with E-state index in [1.807, 2.05) is 0 Å². The van der Waals surface area contributed by atoms with Crippen molar-refractivity contribution in [1.29, 1.82) is 0 Å². The third-order valence-electron chi connectivity index (χ3n) is 2.12. The van der Waals surface area contributed by atoms with Crippen molar-refractivity contribution in [3.05, 3.63) is 58.3 Å². The van der Waals surface area contributed by atoms with E-state index in [0.29, 0.717) is 5.56 Å². The molecule has 2 nitrogen and oxygen atoms in total. The van der Waals surface area contributed by atoms with E-state index in [1.54, 1.807) is 18.2 Å². The predicted octanol–water partition coefficient (Wildman–Crippen LogP) is 3.70. The first-order valence-electron chi connectivity index (χ1n) is 4.84. The summed E-state index contributed by atoms with van der Waals surface area (Å²) >= 11 is 3.23. The molecule has 0 N–H and O–H groups in total. The summed E-state index contributed by atoms with van der Waals surface area (Å²) in [4.78, 5) is 3.44. The standard InChI is InChI=1S/C12H8BrF2NO/c13-9-3-4-10(14)8(6-9)7-17-11-2-1-5-16-12(11)15/h1-6H,7H2. The summed E-state index contributed by atoms with van der Waals surface area (Å²) in [7, 11) is 0. The largest absolute Gasteiger partial charge is 0.484 e. The zero-order valence-corrected chi connectivity index (χ0v) is 10.2. The molecule has 0 atom stereocenters. The van der Waals surface area contributed by atoms with Crippen molar-refractivity contribution < 1.29 is 13.5 Å². The van der Waals surface area contributed by atoms with Gasteiger partial charge in [0.15, 0.2) is 5.75 Å². The average molecular weight is 300 g/mol. The number of halogens is 3. The smallest absolute Gasteiger partial charge is 0.255 e. The molecule has 0 bridgehead atoms. The van der Waals surface area contributed by atoms with Crippen molar-refractivity contribution in [2.45, 2.75) is 6.61 Å². The summed E-state index contributed by atoms with van der Waals surface area (Å²) in [6.45, 7) is -0.0477. The maximum atomic E-state index is 13.4. The molecule has 1 aromatic carbocycles. The third kappa shape index (κ3) is 3.00. The van der Waals surface area contributed by atoms with Gasteiger partial charge in [-0.2, -0.15) is 4.39 Å². The lowest BCUT2D eigenvalue weighted by Gasteiger charge is -2.07. The van der Waals surface area contributed by atoms with E-state index in [4.69, 9.17) is 4.74 Å². The molecule has 0 aliphatic heterocycles. The molecule has 5 heteroatoms. The number of rotatable bonds is 3. The van der Waals surface area contributed by atoms with Crippen LogP contribution < -0.4 is 4.74 Å². The van der Waals surface area contributed by atoms with Crippen LogP contribution in [0.3, 0.4) is 0 Å². The van der Waals surface area contributed by atoms with Gasteiger partial charge in [0.1, 0.15) is 12.4 Å². The van der Waals surface area contributed by atoms with Crippen molar-refractivity contribution in [2.75, 3.05) is 0 Å². The van der Waals surface area contributed by atoms with E-state index < -0.39 is 11.8 Å². The van der Waals surface area contributed by atoms with Crippen molar-refractivity contribution in [3.63, 3.8) is 0 Å². The molecular weight excluding hydrogens is 292 g/mol. The fourth-order valence-corrected chi connectivity index (χ4v) is 1.70. The minimum atomic E-state index is -0.706. The Morgan fingerprint density at radius 1 is 1.24 bits per heavy atom. The average Bonchev–Trinajstić information content (AvgIpc) is 2.32. The van der Waals surface area contributed by atoms with Crippen LogP contribution in [0.1, 0.15) is 5.56 Å². The molecule has 1 aromatic heterocycles. The number of pyridine rings is 1. The Bertz CT molecular complexity index is 534. The minimum absolute atomic E-state index is 0.00637. The summed E-state index contributed by atoms with van der Waals surface area (Å²) in [5.41, 5.74) is 0.350. The highest BCUT2D eigenvalue weighted by Crippen LogP contribution is 2.19. The van der Waals surface area contributed by atoms with Crippen LogP contribution in [0.4, 0.5) is 8.78 Å². The molecule has 0 saturated heterocycles. The number of aromatic nitrogens is 1. The van der Waals surface area contributed by atoms with Gasteiger partial charge in [-0.1, -0.05) is 15.9 Å².